The highest BCUT2D eigenvalue weighted by atomic mass is 19.1. The summed E-state index contributed by atoms with van der Waals surface area (Å²) >= 11 is 0. The van der Waals surface area contributed by atoms with Crippen LogP contribution >= 0.6 is 0 Å². The Hall–Kier alpha value is -2.63. The van der Waals surface area contributed by atoms with E-state index in [2.05, 4.69) is 5.32 Å². The summed E-state index contributed by atoms with van der Waals surface area (Å²) in [5.41, 5.74) is 0.624. The maximum atomic E-state index is 12.9. The molecular formula is C16H16FNO4. The van der Waals surface area contributed by atoms with Crippen LogP contribution in [0.5, 0.6) is 0 Å². The van der Waals surface area contributed by atoms with E-state index in [1.54, 1.807) is 19.9 Å². The molecule has 2 aromatic rings. The van der Waals surface area contributed by atoms with Gasteiger partial charge in [0.25, 0.3) is 5.91 Å². The van der Waals surface area contributed by atoms with Gasteiger partial charge < -0.3 is 14.8 Å². The van der Waals surface area contributed by atoms with Gasteiger partial charge in [-0.2, -0.15) is 0 Å². The van der Waals surface area contributed by atoms with Gasteiger partial charge in [0.1, 0.15) is 17.6 Å². The van der Waals surface area contributed by atoms with Gasteiger partial charge in [0.2, 0.25) is 0 Å². The van der Waals surface area contributed by atoms with E-state index in [0.717, 1.165) is 0 Å². The molecule has 0 radical (unpaired) electrons. The third kappa shape index (κ3) is 3.52. The van der Waals surface area contributed by atoms with Crippen LogP contribution in [0.25, 0.3) is 11.3 Å². The van der Waals surface area contributed by atoms with Crippen molar-refractivity contribution >= 4 is 11.9 Å². The third-order valence-corrected chi connectivity index (χ3v) is 3.18. The van der Waals surface area contributed by atoms with Gasteiger partial charge in [-0.15, -0.1) is 0 Å². The molecular weight excluding hydrogens is 289 g/mol. The molecule has 0 aliphatic rings. The van der Waals surface area contributed by atoms with Crippen LogP contribution in [0.4, 0.5) is 4.39 Å². The number of nitrogens with one attached hydrogen (secondary N) is 1. The summed E-state index contributed by atoms with van der Waals surface area (Å²) in [5.74, 6) is -1.92. The van der Waals surface area contributed by atoms with Gasteiger partial charge in [0.15, 0.2) is 5.76 Å². The van der Waals surface area contributed by atoms with Crippen molar-refractivity contribution in [3.05, 3.63) is 48.0 Å². The summed E-state index contributed by atoms with van der Waals surface area (Å²) in [5, 5.41) is 11.5. The molecule has 0 saturated carbocycles. The lowest BCUT2D eigenvalue weighted by molar-refractivity contribution is -0.140. The van der Waals surface area contributed by atoms with E-state index < -0.39 is 17.9 Å². The highest BCUT2D eigenvalue weighted by Crippen LogP contribution is 2.22. The number of rotatable bonds is 5. The quantitative estimate of drug-likeness (QED) is 0.890. The van der Waals surface area contributed by atoms with Gasteiger partial charge in [0, 0.05) is 5.56 Å². The van der Waals surface area contributed by atoms with E-state index in [1.165, 1.54) is 30.3 Å². The molecule has 6 heteroatoms. The molecule has 2 N–H and O–H groups in total. The number of benzene rings is 1. The number of carbonyl (C=O) groups excluding carboxylic acids is 1. The Morgan fingerprint density at radius 3 is 2.32 bits per heavy atom. The van der Waals surface area contributed by atoms with E-state index in [4.69, 9.17) is 9.52 Å². The molecule has 22 heavy (non-hydrogen) atoms. The first-order valence-electron chi connectivity index (χ1n) is 6.78. The molecule has 1 amide bonds. The lowest BCUT2D eigenvalue weighted by Gasteiger charge is -2.16. The van der Waals surface area contributed by atoms with Gasteiger partial charge in [-0.3, -0.25) is 4.79 Å². The molecule has 2 rings (SSSR count). The molecule has 1 aromatic heterocycles. The Kier molecular flexibility index (Phi) is 4.60. The van der Waals surface area contributed by atoms with Crippen LogP contribution in [0.2, 0.25) is 0 Å². The van der Waals surface area contributed by atoms with E-state index >= 15 is 0 Å². The van der Waals surface area contributed by atoms with Crippen molar-refractivity contribution in [1.29, 1.82) is 0 Å². The van der Waals surface area contributed by atoms with Gasteiger partial charge in [0.05, 0.1) is 0 Å². The van der Waals surface area contributed by atoms with Crippen LogP contribution in [0, 0.1) is 11.7 Å². The first kappa shape index (κ1) is 15.8. The first-order chi connectivity index (χ1) is 10.4. The second-order valence-corrected chi connectivity index (χ2v) is 5.20. The number of hydrogen-bond acceptors (Lipinski definition) is 3. The fourth-order valence-electron chi connectivity index (χ4n) is 1.96. The highest BCUT2D eigenvalue weighted by molar-refractivity contribution is 5.94. The van der Waals surface area contributed by atoms with Crippen molar-refractivity contribution in [1.82, 2.24) is 5.32 Å². The molecule has 5 nitrogen and oxygen atoms in total. The number of carboxylic acid groups (broad SMARTS) is 1. The number of hydrogen-bond donors (Lipinski definition) is 2. The van der Waals surface area contributed by atoms with Crippen LogP contribution in [0.1, 0.15) is 24.4 Å². The van der Waals surface area contributed by atoms with E-state index in [-0.39, 0.29) is 17.5 Å². The lowest BCUT2D eigenvalue weighted by atomic mass is 10.0. The van der Waals surface area contributed by atoms with Crippen molar-refractivity contribution in [3.8, 4) is 11.3 Å². The van der Waals surface area contributed by atoms with Gasteiger partial charge in [-0.05, 0) is 42.3 Å². The largest absolute Gasteiger partial charge is 0.480 e. The van der Waals surface area contributed by atoms with Crippen LogP contribution < -0.4 is 5.32 Å². The Bertz CT molecular complexity index is 676. The smallest absolute Gasteiger partial charge is 0.326 e. The maximum absolute atomic E-state index is 12.9. The standard InChI is InChI=1S/C16H16FNO4/c1-9(2)14(16(20)21)18-15(19)13-8-7-12(22-13)10-3-5-11(17)6-4-10/h3-9,14H,1-2H3,(H,18,19)(H,20,21)/t14-/m1/s1. The molecule has 116 valence electrons. The minimum atomic E-state index is -1.10. The normalized spacial score (nSPS) is 12.2. The SMILES string of the molecule is CC(C)[C@@H](NC(=O)c1ccc(-c2ccc(F)cc2)o1)C(=O)O. The summed E-state index contributed by atoms with van der Waals surface area (Å²) in [4.78, 5) is 23.1. The number of halogens is 1. The average Bonchev–Trinajstić information content (AvgIpc) is 2.94. The number of carboxylic acids is 1. The highest BCUT2D eigenvalue weighted by Gasteiger charge is 2.25. The molecule has 1 atom stereocenters. The molecule has 0 unspecified atom stereocenters. The summed E-state index contributed by atoms with van der Waals surface area (Å²) in [6, 6.07) is 7.68. The Morgan fingerprint density at radius 2 is 1.77 bits per heavy atom. The second-order valence-electron chi connectivity index (χ2n) is 5.20. The Balaban J connectivity index is 2.15. The number of furan rings is 1. The Morgan fingerprint density at radius 1 is 1.14 bits per heavy atom. The topological polar surface area (TPSA) is 79.5 Å². The fourth-order valence-corrected chi connectivity index (χ4v) is 1.96. The predicted molar refractivity (Wildman–Crippen MR) is 77.8 cm³/mol. The van der Waals surface area contributed by atoms with E-state index in [9.17, 15) is 14.0 Å². The first-order valence-corrected chi connectivity index (χ1v) is 6.78. The average molecular weight is 305 g/mol. The zero-order valence-electron chi connectivity index (χ0n) is 12.2. The van der Waals surface area contributed by atoms with Gasteiger partial charge in [-0.1, -0.05) is 13.8 Å². The zero-order valence-corrected chi connectivity index (χ0v) is 12.2. The number of carbonyl (C=O) groups is 2. The van der Waals surface area contributed by atoms with Crippen LogP contribution in [-0.4, -0.2) is 23.0 Å². The monoisotopic (exact) mass is 305 g/mol. The van der Waals surface area contributed by atoms with Crippen LogP contribution in [-0.2, 0) is 4.79 Å². The van der Waals surface area contributed by atoms with Crippen LogP contribution in [0.3, 0.4) is 0 Å². The fraction of sp³-hybridized carbons (Fsp3) is 0.250. The summed E-state index contributed by atoms with van der Waals surface area (Å²) in [6.45, 7) is 3.40. The molecule has 0 aliphatic heterocycles. The van der Waals surface area contributed by atoms with Crippen molar-refractivity contribution in [2.75, 3.05) is 0 Å². The molecule has 0 saturated heterocycles. The maximum Gasteiger partial charge on any atom is 0.326 e. The minimum absolute atomic E-state index is 0.00576. The lowest BCUT2D eigenvalue weighted by Crippen LogP contribution is -2.44. The number of aliphatic carboxylic acids is 1. The third-order valence-electron chi connectivity index (χ3n) is 3.18. The van der Waals surface area contributed by atoms with E-state index in [0.29, 0.717) is 11.3 Å². The summed E-state index contributed by atoms with van der Waals surface area (Å²) in [6.07, 6.45) is 0. The van der Waals surface area contributed by atoms with Crippen molar-refractivity contribution < 1.29 is 23.5 Å². The van der Waals surface area contributed by atoms with Gasteiger partial charge >= 0.3 is 5.97 Å². The van der Waals surface area contributed by atoms with Crippen LogP contribution in [0.15, 0.2) is 40.8 Å². The summed E-state index contributed by atoms with van der Waals surface area (Å²) in [7, 11) is 0. The molecule has 0 bridgehead atoms. The molecule has 1 heterocycles. The van der Waals surface area contributed by atoms with Gasteiger partial charge in [-0.25, -0.2) is 9.18 Å². The number of amides is 1. The zero-order chi connectivity index (χ0) is 16.3. The second kappa shape index (κ2) is 6.43. The summed E-state index contributed by atoms with van der Waals surface area (Å²) < 4.78 is 18.3. The molecule has 0 aliphatic carbocycles. The Labute approximate surface area is 126 Å². The predicted octanol–water partition coefficient (Wildman–Crippen LogP) is 2.92. The van der Waals surface area contributed by atoms with Crippen molar-refractivity contribution in [2.45, 2.75) is 19.9 Å². The molecule has 0 spiro atoms. The van der Waals surface area contributed by atoms with Crippen molar-refractivity contribution in [3.63, 3.8) is 0 Å². The van der Waals surface area contributed by atoms with Crippen molar-refractivity contribution in [2.24, 2.45) is 5.92 Å². The minimum Gasteiger partial charge on any atom is -0.480 e. The molecule has 0 fully saturated rings. The molecule has 1 aromatic carbocycles. The van der Waals surface area contributed by atoms with E-state index in [1.807, 2.05) is 0 Å².